The molecule has 9 heteroatoms. The number of rotatable bonds is 3. The topological polar surface area (TPSA) is 89.9 Å². The zero-order chi connectivity index (χ0) is 19.3. The van der Waals surface area contributed by atoms with Gasteiger partial charge >= 0.3 is 0 Å². The van der Waals surface area contributed by atoms with Crippen molar-refractivity contribution in [3.8, 4) is 0 Å². The lowest BCUT2D eigenvalue weighted by Gasteiger charge is -2.38. The minimum Gasteiger partial charge on any atom is -0.383 e. The van der Waals surface area contributed by atoms with Crippen molar-refractivity contribution in [3.63, 3.8) is 0 Å². The highest BCUT2D eigenvalue weighted by atomic mass is 35.5. The van der Waals surface area contributed by atoms with Crippen LogP contribution < -0.4 is 5.73 Å². The van der Waals surface area contributed by atoms with E-state index in [9.17, 15) is 4.79 Å². The van der Waals surface area contributed by atoms with Crippen molar-refractivity contribution in [1.82, 2.24) is 24.6 Å². The summed E-state index contributed by atoms with van der Waals surface area (Å²) in [6, 6.07) is 3.96. The molecule has 2 aromatic heterocycles. The number of hydrogen-bond acceptors (Lipinski definition) is 6. The Morgan fingerprint density at radius 1 is 1.30 bits per heavy atom. The SMILES string of the molecule is CC(=O)N1CC(n2nc(Sc3cc(Cl)cc(C)c3C)c3c(N)ncnc32)C1. The Morgan fingerprint density at radius 2 is 2.04 bits per heavy atom. The summed E-state index contributed by atoms with van der Waals surface area (Å²) in [5.74, 6) is 0.462. The number of carbonyl (C=O) groups excluding carboxylic acids is 1. The van der Waals surface area contributed by atoms with Gasteiger partial charge in [-0.1, -0.05) is 23.4 Å². The Morgan fingerprint density at radius 3 is 2.74 bits per heavy atom. The highest BCUT2D eigenvalue weighted by Gasteiger charge is 2.33. The quantitative estimate of drug-likeness (QED) is 0.723. The van der Waals surface area contributed by atoms with Crippen LogP contribution in [0.1, 0.15) is 24.1 Å². The molecule has 0 bridgehead atoms. The highest BCUT2D eigenvalue weighted by molar-refractivity contribution is 7.99. The van der Waals surface area contributed by atoms with Crippen LogP contribution in [0.15, 0.2) is 28.4 Å². The van der Waals surface area contributed by atoms with E-state index in [4.69, 9.17) is 22.4 Å². The summed E-state index contributed by atoms with van der Waals surface area (Å²) in [6.07, 6.45) is 1.44. The number of aryl methyl sites for hydroxylation is 1. The molecule has 0 aliphatic carbocycles. The molecule has 3 aromatic rings. The average Bonchev–Trinajstić information content (AvgIpc) is 2.90. The molecule has 3 heterocycles. The molecule has 4 rings (SSSR count). The molecular formula is C18H19ClN6OS. The molecule has 0 saturated carbocycles. The van der Waals surface area contributed by atoms with E-state index in [1.54, 1.807) is 11.8 Å². The Hall–Kier alpha value is -2.32. The Kier molecular flexibility index (Phi) is 4.47. The van der Waals surface area contributed by atoms with Crippen molar-refractivity contribution >= 4 is 46.1 Å². The largest absolute Gasteiger partial charge is 0.383 e. The fourth-order valence-corrected chi connectivity index (χ4v) is 4.62. The molecule has 1 aromatic carbocycles. The molecule has 140 valence electrons. The first-order valence-electron chi connectivity index (χ1n) is 8.54. The van der Waals surface area contributed by atoms with Crippen molar-refractivity contribution in [2.75, 3.05) is 18.8 Å². The predicted octanol–water partition coefficient (Wildman–Crippen LogP) is 3.23. The Labute approximate surface area is 165 Å². The number of nitrogen functional groups attached to an aromatic ring is 1. The van der Waals surface area contributed by atoms with E-state index in [2.05, 4.69) is 16.9 Å². The van der Waals surface area contributed by atoms with Crippen LogP contribution in [0, 0.1) is 13.8 Å². The van der Waals surface area contributed by atoms with Crippen LogP contribution in [0.5, 0.6) is 0 Å². The number of amides is 1. The van der Waals surface area contributed by atoms with Crippen molar-refractivity contribution in [1.29, 1.82) is 0 Å². The third-order valence-corrected chi connectivity index (χ3v) is 6.27. The lowest BCUT2D eigenvalue weighted by Crippen LogP contribution is -2.50. The molecule has 27 heavy (non-hydrogen) atoms. The molecule has 1 amide bonds. The van der Waals surface area contributed by atoms with Gasteiger partial charge in [0.15, 0.2) is 5.65 Å². The third-order valence-electron chi connectivity index (χ3n) is 4.93. The van der Waals surface area contributed by atoms with Crippen molar-refractivity contribution in [2.45, 2.75) is 36.7 Å². The first kappa shape index (κ1) is 18.1. The number of hydrogen-bond donors (Lipinski definition) is 1. The maximum atomic E-state index is 11.5. The van der Waals surface area contributed by atoms with Gasteiger partial charge in [0.05, 0.1) is 11.4 Å². The number of benzene rings is 1. The summed E-state index contributed by atoms with van der Waals surface area (Å²) in [4.78, 5) is 22.8. The van der Waals surface area contributed by atoms with E-state index in [1.807, 2.05) is 23.7 Å². The number of halogens is 1. The van der Waals surface area contributed by atoms with E-state index < -0.39 is 0 Å². The standard InChI is InChI=1S/C18H19ClN6OS/c1-9-4-12(19)5-14(10(9)2)27-18-15-16(20)21-8-22-17(15)25(23-18)13-6-24(7-13)11(3)26/h4-5,8,13H,6-7H2,1-3H3,(H2,20,21,22). The van der Waals surface area contributed by atoms with E-state index in [-0.39, 0.29) is 11.9 Å². The monoisotopic (exact) mass is 402 g/mol. The number of nitrogens with zero attached hydrogens (tertiary/aromatic N) is 5. The summed E-state index contributed by atoms with van der Waals surface area (Å²) in [5.41, 5.74) is 9.10. The molecule has 2 N–H and O–H groups in total. The molecule has 0 unspecified atom stereocenters. The van der Waals surface area contributed by atoms with Crippen LogP contribution in [-0.4, -0.2) is 43.6 Å². The van der Waals surface area contributed by atoms with Crippen LogP contribution in [-0.2, 0) is 4.79 Å². The minimum atomic E-state index is 0.0662. The molecule has 0 spiro atoms. The Balaban J connectivity index is 1.77. The third kappa shape index (κ3) is 3.12. The van der Waals surface area contributed by atoms with Crippen LogP contribution in [0.3, 0.4) is 0 Å². The second-order valence-corrected chi connectivity index (χ2v) is 8.20. The first-order chi connectivity index (χ1) is 12.8. The van der Waals surface area contributed by atoms with Gasteiger partial charge in [0, 0.05) is 29.9 Å². The fraction of sp³-hybridized carbons (Fsp3) is 0.333. The fourth-order valence-electron chi connectivity index (χ4n) is 3.15. The number of nitrogens with two attached hydrogens (primary N) is 1. The van der Waals surface area contributed by atoms with E-state index in [0.29, 0.717) is 29.6 Å². The zero-order valence-electron chi connectivity index (χ0n) is 15.2. The molecule has 7 nitrogen and oxygen atoms in total. The van der Waals surface area contributed by atoms with Crippen molar-refractivity contribution < 1.29 is 4.79 Å². The lowest BCUT2D eigenvalue weighted by molar-refractivity contribution is -0.134. The van der Waals surface area contributed by atoms with Gasteiger partial charge in [-0.15, -0.1) is 0 Å². The summed E-state index contributed by atoms with van der Waals surface area (Å²) in [7, 11) is 0. The minimum absolute atomic E-state index is 0.0662. The molecule has 1 fully saturated rings. The lowest BCUT2D eigenvalue weighted by atomic mass is 10.1. The second kappa shape index (κ2) is 6.69. The maximum absolute atomic E-state index is 11.5. The first-order valence-corrected chi connectivity index (χ1v) is 9.73. The molecule has 1 saturated heterocycles. The van der Waals surface area contributed by atoms with Crippen LogP contribution in [0.2, 0.25) is 5.02 Å². The summed E-state index contributed by atoms with van der Waals surface area (Å²) in [5, 5.41) is 6.94. The summed E-state index contributed by atoms with van der Waals surface area (Å²) in [6.45, 7) is 6.90. The van der Waals surface area contributed by atoms with Gasteiger partial charge in [-0.2, -0.15) is 5.10 Å². The molecule has 1 aliphatic heterocycles. The van der Waals surface area contributed by atoms with E-state index in [1.165, 1.54) is 18.1 Å². The van der Waals surface area contributed by atoms with Gasteiger partial charge in [-0.25, -0.2) is 14.6 Å². The Bertz CT molecular complexity index is 1060. The van der Waals surface area contributed by atoms with Crippen LogP contribution in [0.25, 0.3) is 11.0 Å². The van der Waals surface area contributed by atoms with Crippen molar-refractivity contribution in [3.05, 3.63) is 34.6 Å². The van der Waals surface area contributed by atoms with E-state index >= 15 is 0 Å². The maximum Gasteiger partial charge on any atom is 0.219 e. The molecular weight excluding hydrogens is 384 g/mol. The van der Waals surface area contributed by atoms with Crippen molar-refractivity contribution in [2.24, 2.45) is 0 Å². The number of likely N-dealkylation sites (tertiary alicyclic amines) is 1. The van der Waals surface area contributed by atoms with Gasteiger partial charge in [0.1, 0.15) is 17.2 Å². The molecule has 0 atom stereocenters. The van der Waals surface area contributed by atoms with Gasteiger partial charge in [-0.05, 0) is 37.1 Å². The van der Waals surface area contributed by atoms with Crippen LogP contribution >= 0.6 is 23.4 Å². The van der Waals surface area contributed by atoms with Crippen LogP contribution in [0.4, 0.5) is 5.82 Å². The van der Waals surface area contributed by atoms with E-state index in [0.717, 1.165) is 26.4 Å². The van der Waals surface area contributed by atoms with Gasteiger partial charge in [0.2, 0.25) is 5.91 Å². The number of fused-ring (bicyclic) bond motifs is 1. The summed E-state index contributed by atoms with van der Waals surface area (Å²) < 4.78 is 1.86. The predicted molar refractivity (Wildman–Crippen MR) is 106 cm³/mol. The molecule has 0 radical (unpaired) electrons. The normalized spacial score (nSPS) is 14.6. The average molecular weight is 403 g/mol. The summed E-state index contributed by atoms with van der Waals surface area (Å²) >= 11 is 7.75. The smallest absolute Gasteiger partial charge is 0.219 e. The second-order valence-electron chi connectivity index (χ2n) is 6.73. The van der Waals surface area contributed by atoms with Gasteiger partial charge in [0.25, 0.3) is 0 Å². The highest BCUT2D eigenvalue weighted by Crippen LogP contribution is 2.39. The van der Waals surface area contributed by atoms with Gasteiger partial charge in [-0.3, -0.25) is 4.79 Å². The molecule has 1 aliphatic rings. The number of aromatic nitrogens is 4. The number of anilines is 1. The van der Waals surface area contributed by atoms with Gasteiger partial charge < -0.3 is 10.6 Å². The zero-order valence-corrected chi connectivity index (χ0v) is 16.8. The number of carbonyl (C=O) groups is 1.